The molecule has 1 unspecified atom stereocenters. The Morgan fingerprint density at radius 1 is 1.14 bits per heavy atom. The summed E-state index contributed by atoms with van der Waals surface area (Å²) in [5.41, 5.74) is 1.27. The number of nitrogens with one attached hydrogen (secondary N) is 1. The molecule has 21 heavy (non-hydrogen) atoms. The Hall–Kier alpha value is -1.33. The summed E-state index contributed by atoms with van der Waals surface area (Å²) in [5.74, 6) is -1.33. The van der Waals surface area contributed by atoms with Gasteiger partial charge in [-0.25, -0.2) is 13.8 Å². The average Bonchev–Trinajstić information content (AvgIpc) is 2.89. The molecule has 1 aromatic carbocycles. The number of rotatable bonds is 5. The van der Waals surface area contributed by atoms with Gasteiger partial charge >= 0.3 is 0 Å². The van der Waals surface area contributed by atoms with Crippen molar-refractivity contribution in [3.63, 3.8) is 0 Å². The minimum atomic E-state index is -0.830. The Morgan fingerprint density at radius 3 is 2.43 bits per heavy atom. The molecule has 1 heterocycles. The molecule has 0 saturated heterocycles. The van der Waals surface area contributed by atoms with Gasteiger partial charge < -0.3 is 5.32 Å². The number of halogens is 2. The molecule has 0 fully saturated rings. The number of hydrogen-bond donors (Lipinski definition) is 1. The number of hydrogen-bond acceptors (Lipinski definition) is 3. The predicted molar refractivity (Wildman–Crippen MR) is 82.7 cm³/mol. The first-order valence-electron chi connectivity index (χ1n) is 7.05. The molecule has 2 rings (SSSR count). The molecule has 0 aliphatic heterocycles. The summed E-state index contributed by atoms with van der Waals surface area (Å²) >= 11 is 1.47. The monoisotopic (exact) mass is 310 g/mol. The third-order valence-electron chi connectivity index (χ3n) is 3.17. The van der Waals surface area contributed by atoms with Crippen molar-refractivity contribution in [1.82, 2.24) is 10.3 Å². The highest BCUT2D eigenvalue weighted by Crippen LogP contribution is 2.30. The van der Waals surface area contributed by atoms with Gasteiger partial charge in [-0.2, -0.15) is 0 Å². The highest BCUT2D eigenvalue weighted by atomic mass is 32.1. The molecule has 0 aliphatic carbocycles. The molecule has 2 nitrogen and oxygen atoms in total. The maximum Gasteiger partial charge on any atom is 0.164 e. The summed E-state index contributed by atoms with van der Waals surface area (Å²) in [5, 5.41) is 6.01. The van der Waals surface area contributed by atoms with Gasteiger partial charge in [0, 0.05) is 17.0 Å². The van der Waals surface area contributed by atoms with Gasteiger partial charge in [0.15, 0.2) is 11.6 Å². The van der Waals surface area contributed by atoms with Gasteiger partial charge in [-0.3, -0.25) is 0 Å². The molecule has 0 aliphatic rings. The largest absolute Gasteiger partial charge is 0.302 e. The zero-order valence-corrected chi connectivity index (χ0v) is 13.5. The summed E-state index contributed by atoms with van der Waals surface area (Å²) in [4.78, 5) is 4.58. The number of thiazole rings is 1. The van der Waals surface area contributed by atoms with Crippen molar-refractivity contribution in [2.75, 3.05) is 0 Å². The Bertz CT molecular complexity index is 608. The van der Waals surface area contributed by atoms with Crippen LogP contribution in [0.15, 0.2) is 23.6 Å². The van der Waals surface area contributed by atoms with E-state index in [1.54, 1.807) is 6.07 Å². The van der Waals surface area contributed by atoms with E-state index in [0.29, 0.717) is 11.5 Å². The van der Waals surface area contributed by atoms with E-state index in [4.69, 9.17) is 0 Å². The lowest BCUT2D eigenvalue weighted by Crippen LogP contribution is -2.29. The molecule has 5 heteroatoms. The molecule has 1 N–H and O–H groups in total. The normalized spacial score (nSPS) is 13.1. The predicted octanol–water partition coefficient (Wildman–Crippen LogP) is 4.63. The lowest BCUT2D eigenvalue weighted by molar-refractivity contribution is 0.465. The van der Waals surface area contributed by atoms with Gasteiger partial charge in [0.1, 0.15) is 5.01 Å². The van der Waals surface area contributed by atoms with Crippen LogP contribution >= 0.6 is 11.3 Å². The van der Waals surface area contributed by atoms with E-state index < -0.39 is 17.7 Å². The summed E-state index contributed by atoms with van der Waals surface area (Å²) in [7, 11) is 0. The average molecular weight is 310 g/mol. The van der Waals surface area contributed by atoms with Crippen LogP contribution in [-0.4, -0.2) is 11.0 Å². The lowest BCUT2D eigenvalue weighted by atomic mass is 10.1. The minimum absolute atomic E-state index is 0.129. The summed E-state index contributed by atoms with van der Waals surface area (Å²) < 4.78 is 27.6. The van der Waals surface area contributed by atoms with E-state index in [1.165, 1.54) is 17.4 Å². The van der Waals surface area contributed by atoms with Crippen LogP contribution < -0.4 is 5.32 Å². The van der Waals surface area contributed by atoms with Crippen molar-refractivity contribution in [3.8, 4) is 0 Å². The van der Waals surface area contributed by atoms with Gasteiger partial charge in [0.05, 0.1) is 11.7 Å². The SMILES string of the molecule is CC(C)NC(c1nc(C(C)C)cs1)c1cccc(F)c1F. The van der Waals surface area contributed by atoms with Gasteiger partial charge in [-0.15, -0.1) is 11.3 Å². The molecule has 0 amide bonds. The van der Waals surface area contributed by atoms with Crippen LogP contribution in [0.4, 0.5) is 8.78 Å². The van der Waals surface area contributed by atoms with E-state index in [0.717, 1.165) is 16.8 Å². The van der Waals surface area contributed by atoms with Crippen molar-refractivity contribution in [2.45, 2.75) is 45.7 Å². The topological polar surface area (TPSA) is 24.9 Å². The maximum absolute atomic E-state index is 14.1. The Morgan fingerprint density at radius 2 is 1.86 bits per heavy atom. The molecule has 0 spiro atoms. The van der Waals surface area contributed by atoms with Gasteiger partial charge in [0.2, 0.25) is 0 Å². The molecular weight excluding hydrogens is 290 g/mol. The molecule has 0 saturated carbocycles. The summed E-state index contributed by atoms with van der Waals surface area (Å²) in [6.45, 7) is 8.07. The van der Waals surface area contributed by atoms with Crippen LogP contribution in [0.1, 0.15) is 55.9 Å². The lowest BCUT2D eigenvalue weighted by Gasteiger charge is -2.20. The summed E-state index contributed by atoms with van der Waals surface area (Å²) in [6.07, 6.45) is 0. The molecule has 1 atom stereocenters. The van der Waals surface area contributed by atoms with E-state index in [-0.39, 0.29) is 6.04 Å². The fourth-order valence-electron chi connectivity index (χ4n) is 2.07. The second kappa shape index (κ2) is 6.62. The van der Waals surface area contributed by atoms with Gasteiger partial charge in [-0.1, -0.05) is 26.0 Å². The van der Waals surface area contributed by atoms with Crippen LogP contribution in [0.2, 0.25) is 0 Å². The Balaban J connectivity index is 2.44. The van der Waals surface area contributed by atoms with E-state index in [1.807, 2.05) is 19.2 Å². The Labute approximate surface area is 128 Å². The third kappa shape index (κ3) is 3.66. The van der Waals surface area contributed by atoms with Crippen LogP contribution in [0.5, 0.6) is 0 Å². The van der Waals surface area contributed by atoms with Gasteiger partial charge in [0.25, 0.3) is 0 Å². The quantitative estimate of drug-likeness (QED) is 0.871. The van der Waals surface area contributed by atoms with Crippen molar-refractivity contribution >= 4 is 11.3 Å². The molecule has 1 aromatic heterocycles. The van der Waals surface area contributed by atoms with Crippen LogP contribution in [0.3, 0.4) is 0 Å². The number of aromatic nitrogens is 1. The zero-order chi connectivity index (χ0) is 15.6. The minimum Gasteiger partial charge on any atom is -0.302 e. The standard InChI is InChI=1S/C16H20F2N2S/c1-9(2)13-8-21-16(20-13)15(19-10(3)4)11-6-5-7-12(17)14(11)18/h5-10,15,19H,1-4H3. The Kier molecular flexibility index (Phi) is 5.06. The number of benzene rings is 1. The first-order valence-corrected chi connectivity index (χ1v) is 7.93. The van der Waals surface area contributed by atoms with Crippen molar-refractivity contribution in [2.24, 2.45) is 0 Å². The van der Waals surface area contributed by atoms with Crippen molar-refractivity contribution in [3.05, 3.63) is 51.5 Å². The first kappa shape index (κ1) is 16.0. The smallest absolute Gasteiger partial charge is 0.164 e. The molecule has 0 bridgehead atoms. The molecule has 2 aromatic rings. The molecule has 0 radical (unpaired) electrons. The second-order valence-electron chi connectivity index (χ2n) is 5.66. The first-order chi connectivity index (χ1) is 9.90. The van der Waals surface area contributed by atoms with Gasteiger partial charge in [-0.05, 0) is 25.8 Å². The molecule has 114 valence electrons. The van der Waals surface area contributed by atoms with Crippen molar-refractivity contribution < 1.29 is 8.78 Å². The highest BCUT2D eigenvalue weighted by Gasteiger charge is 2.23. The summed E-state index contributed by atoms with van der Waals surface area (Å²) in [6, 6.07) is 3.96. The number of nitrogens with zero attached hydrogens (tertiary/aromatic N) is 1. The third-order valence-corrected chi connectivity index (χ3v) is 4.10. The van der Waals surface area contributed by atoms with E-state index in [2.05, 4.69) is 24.1 Å². The van der Waals surface area contributed by atoms with Crippen molar-refractivity contribution in [1.29, 1.82) is 0 Å². The van der Waals surface area contributed by atoms with Crippen LogP contribution in [0, 0.1) is 11.6 Å². The van der Waals surface area contributed by atoms with Crippen LogP contribution in [0.25, 0.3) is 0 Å². The molecular formula is C16H20F2N2S. The fraction of sp³-hybridized carbons (Fsp3) is 0.438. The highest BCUT2D eigenvalue weighted by molar-refractivity contribution is 7.09. The van der Waals surface area contributed by atoms with Crippen LogP contribution in [-0.2, 0) is 0 Å². The van der Waals surface area contributed by atoms with E-state index in [9.17, 15) is 8.78 Å². The second-order valence-corrected chi connectivity index (χ2v) is 6.55. The maximum atomic E-state index is 14.1. The zero-order valence-electron chi connectivity index (χ0n) is 12.7. The fourth-order valence-corrected chi connectivity index (χ4v) is 3.12. The van der Waals surface area contributed by atoms with E-state index >= 15 is 0 Å².